The van der Waals surface area contributed by atoms with Crippen molar-refractivity contribution >= 4 is 23.1 Å². The molecule has 0 saturated carbocycles. The second kappa shape index (κ2) is 8.50. The molecule has 0 aliphatic heterocycles. The number of hydrogen-bond acceptors (Lipinski definition) is 9. The van der Waals surface area contributed by atoms with Crippen LogP contribution in [0.4, 0.5) is 0 Å². The first-order valence-electron chi connectivity index (χ1n) is 8.55. The molecule has 0 amide bonds. The second-order valence-corrected chi connectivity index (χ2v) is 7.69. The lowest BCUT2D eigenvalue weighted by molar-refractivity contribution is 0.355. The molecule has 0 fully saturated rings. The summed E-state index contributed by atoms with van der Waals surface area (Å²) in [6, 6.07) is 12.5. The predicted octanol–water partition coefficient (Wildman–Crippen LogP) is 3.80. The van der Waals surface area contributed by atoms with Gasteiger partial charge < -0.3 is 14.6 Å². The van der Waals surface area contributed by atoms with Crippen LogP contribution in [-0.4, -0.2) is 44.5 Å². The average molecular weight is 428 g/mol. The third-order valence-electron chi connectivity index (χ3n) is 4.07. The molecule has 148 valence electrons. The van der Waals surface area contributed by atoms with E-state index in [1.165, 1.54) is 11.8 Å². The first kappa shape index (κ1) is 19.2. The van der Waals surface area contributed by atoms with E-state index in [1.54, 1.807) is 54.5 Å². The Labute approximate surface area is 175 Å². The minimum atomic E-state index is 0.196. The van der Waals surface area contributed by atoms with E-state index in [4.69, 9.17) is 14.5 Å². The zero-order valence-electron chi connectivity index (χ0n) is 15.6. The number of methoxy groups -OCH3 is 2. The minimum Gasteiger partial charge on any atom is -0.508 e. The maximum absolute atomic E-state index is 9.45. The smallest absolute Gasteiger partial charge is 0.214 e. The van der Waals surface area contributed by atoms with E-state index in [1.807, 2.05) is 23.6 Å². The second-order valence-electron chi connectivity index (χ2n) is 5.89. The van der Waals surface area contributed by atoms with Gasteiger partial charge in [0.05, 0.1) is 25.6 Å². The van der Waals surface area contributed by atoms with Gasteiger partial charge in [-0.25, -0.2) is 4.98 Å². The first-order valence-corrected chi connectivity index (χ1v) is 10.4. The van der Waals surface area contributed by atoms with E-state index in [9.17, 15) is 5.11 Å². The Kier molecular flexibility index (Phi) is 5.63. The van der Waals surface area contributed by atoms with Crippen LogP contribution in [0.15, 0.2) is 53.0 Å². The van der Waals surface area contributed by atoms with Crippen LogP contribution in [0.25, 0.3) is 16.3 Å². The summed E-state index contributed by atoms with van der Waals surface area (Å²) >= 11 is 3.06. The van der Waals surface area contributed by atoms with Gasteiger partial charge in [0.1, 0.15) is 10.8 Å². The molecule has 1 N–H and O–H groups in total. The third-order valence-corrected chi connectivity index (χ3v) is 5.96. The predicted molar refractivity (Wildman–Crippen MR) is 111 cm³/mol. The maximum atomic E-state index is 9.45. The Balaban J connectivity index is 1.48. The van der Waals surface area contributed by atoms with Gasteiger partial charge in [0, 0.05) is 16.7 Å². The van der Waals surface area contributed by atoms with Gasteiger partial charge in [0.2, 0.25) is 5.16 Å². The largest absolute Gasteiger partial charge is 0.508 e. The van der Waals surface area contributed by atoms with E-state index < -0.39 is 0 Å². The van der Waals surface area contributed by atoms with Crippen LogP contribution >= 0.6 is 23.1 Å². The van der Waals surface area contributed by atoms with Crippen molar-refractivity contribution in [2.75, 3.05) is 14.2 Å². The molecule has 0 spiro atoms. The topological polar surface area (TPSA) is 95.2 Å². The molecule has 2 aromatic heterocycles. The molecule has 2 aromatic carbocycles. The Morgan fingerprint density at radius 1 is 1.07 bits per heavy atom. The Bertz CT molecular complexity index is 1110. The van der Waals surface area contributed by atoms with E-state index in [0.717, 1.165) is 22.0 Å². The van der Waals surface area contributed by atoms with Crippen LogP contribution < -0.4 is 9.47 Å². The molecule has 0 atom stereocenters. The van der Waals surface area contributed by atoms with Crippen LogP contribution in [0.5, 0.6) is 17.2 Å². The molecule has 0 unspecified atom stereocenters. The summed E-state index contributed by atoms with van der Waals surface area (Å²) in [4.78, 5) is 4.72. The van der Waals surface area contributed by atoms with Crippen LogP contribution in [0.3, 0.4) is 0 Å². The van der Waals surface area contributed by atoms with Gasteiger partial charge in [0.25, 0.3) is 0 Å². The van der Waals surface area contributed by atoms with E-state index in [0.29, 0.717) is 22.4 Å². The monoisotopic (exact) mass is 427 g/mol. The quantitative estimate of drug-likeness (QED) is 0.445. The lowest BCUT2D eigenvalue weighted by atomic mass is 10.2. The lowest BCUT2D eigenvalue weighted by Gasteiger charge is -2.08. The molecule has 0 bridgehead atoms. The molecule has 0 radical (unpaired) electrons. The van der Waals surface area contributed by atoms with E-state index in [2.05, 4.69) is 15.5 Å². The van der Waals surface area contributed by atoms with Crippen LogP contribution in [0, 0.1) is 0 Å². The lowest BCUT2D eigenvalue weighted by Crippen LogP contribution is -1.98. The van der Waals surface area contributed by atoms with Crippen molar-refractivity contribution in [2.24, 2.45) is 0 Å². The number of thiazole rings is 1. The number of thioether (sulfide) groups is 1. The van der Waals surface area contributed by atoms with Gasteiger partial charge in [-0.15, -0.1) is 16.4 Å². The number of phenols is 1. The van der Waals surface area contributed by atoms with Crippen molar-refractivity contribution in [1.29, 1.82) is 0 Å². The Morgan fingerprint density at radius 2 is 1.86 bits per heavy atom. The molecular formula is C19H17N5O3S2. The normalized spacial score (nSPS) is 10.8. The summed E-state index contributed by atoms with van der Waals surface area (Å²) in [7, 11) is 3.23. The summed E-state index contributed by atoms with van der Waals surface area (Å²) in [6.45, 7) is 0. The zero-order chi connectivity index (χ0) is 20.2. The Morgan fingerprint density at radius 3 is 2.62 bits per heavy atom. The molecular weight excluding hydrogens is 410 g/mol. The van der Waals surface area contributed by atoms with Crippen molar-refractivity contribution in [3.05, 3.63) is 53.5 Å². The van der Waals surface area contributed by atoms with Gasteiger partial charge in [-0.2, -0.15) is 4.68 Å². The summed E-state index contributed by atoms with van der Waals surface area (Å²) in [5, 5.41) is 24.9. The molecule has 0 saturated heterocycles. The van der Waals surface area contributed by atoms with Crippen molar-refractivity contribution in [2.45, 2.75) is 10.9 Å². The maximum Gasteiger partial charge on any atom is 0.214 e. The van der Waals surface area contributed by atoms with E-state index >= 15 is 0 Å². The number of phenolic OH excluding ortho intramolecular Hbond substituents is 1. The summed E-state index contributed by atoms with van der Waals surface area (Å²) < 4.78 is 12.3. The van der Waals surface area contributed by atoms with Gasteiger partial charge in [-0.1, -0.05) is 11.8 Å². The fourth-order valence-electron chi connectivity index (χ4n) is 2.64. The number of benzene rings is 2. The summed E-state index contributed by atoms with van der Waals surface area (Å²) in [6.07, 6.45) is 0. The number of hydrogen-bond donors (Lipinski definition) is 1. The van der Waals surface area contributed by atoms with Crippen LogP contribution in [-0.2, 0) is 5.75 Å². The third kappa shape index (κ3) is 4.17. The molecule has 4 aromatic rings. The van der Waals surface area contributed by atoms with Gasteiger partial charge in [0.15, 0.2) is 11.5 Å². The minimum absolute atomic E-state index is 0.196. The molecule has 29 heavy (non-hydrogen) atoms. The highest BCUT2D eigenvalue weighted by molar-refractivity contribution is 7.98. The molecule has 8 nitrogen and oxygen atoms in total. The highest BCUT2D eigenvalue weighted by atomic mass is 32.2. The van der Waals surface area contributed by atoms with Gasteiger partial charge >= 0.3 is 0 Å². The van der Waals surface area contributed by atoms with Crippen LogP contribution in [0.2, 0.25) is 0 Å². The van der Waals surface area contributed by atoms with Crippen molar-refractivity contribution in [3.63, 3.8) is 0 Å². The summed E-state index contributed by atoms with van der Waals surface area (Å²) in [5.74, 6) is 2.18. The van der Waals surface area contributed by atoms with Gasteiger partial charge in [-0.05, 0) is 52.9 Å². The fourth-order valence-corrected chi connectivity index (χ4v) is 4.34. The van der Waals surface area contributed by atoms with E-state index in [-0.39, 0.29) is 5.75 Å². The number of tetrazole rings is 1. The van der Waals surface area contributed by atoms with Gasteiger partial charge in [-0.3, -0.25) is 0 Å². The van der Waals surface area contributed by atoms with Crippen molar-refractivity contribution in [3.8, 4) is 33.5 Å². The van der Waals surface area contributed by atoms with Crippen molar-refractivity contribution < 1.29 is 14.6 Å². The zero-order valence-corrected chi connectivity index (χ0v) is 17.3. The fraction of sp³-hybridized carbons (Fsp3) is 0.158. The molecule has 0 aliphatic rings. The highest BCUT2D eigenvalue weighted by Crippen LogP contribution is 2.34. The Hall–Kier alpha value is -3.11. The first-order chi connectivity index (χ1) is 14.2. The van der Waals surface area contributed by atoms with Crippen LogP contribution in [0.1, 0.15) is 5.69 Å². The number of ether oxygens (including phenoxy) is 2. The molecule has 10 heteroatoms. The average Bonchev–Trinajstić information content (AvgIpc) is 3.42. The SMILES string of the molecule is COc1ccc(-c2nc(CSc3nnnn3-c3ccc(O)cc3)cs2)cc1OC. The molecule has 0 aliphatic carbocycles. The van der Waals surface area contributed by atoms with Crippen molar-refractivity contribution in [1.82, 2.24) is 25.2 Å². The molecule has 4 rings (SSSR count). The number of aromatic hydroxyl groups is 1. The highest BCUT2D eigenvalue weighted by Gasteiger charge is 2.13. The summed E-state index contributed by atoms with van der Waals surface area (Å²) in [5.41, 5.74) is 2.68. The number of aromatic nitrogens is 5. The number of rotatable bonds is 7. The standard InChI is InChI=1S/C19H17N5O3S2/c1-26-16-8-3-12(9-17(16)27-2)18-20-13(10-28-18)11-29-19-21-22-23-24(19)14-4-6-15(25)7-5-14/h3-10,25H,11H2,1-2H3. The number of nitrogens with zero attached hydrogens (tertiary/aromatic N) is 5. The molecule has 2 heterocycles.